The highest BCUT2D eigenvalue weighted by Crippen LogP contribution is 2.30. The number of amides is 2. The lowest BCUT2D eigenvalue weighted by Crippen LogP contribution is -2.57. The van der Waals surface area contributed by atoms with E-state index in [1.165, 1.54) is 0 Å². The van der Waals surface area contributed by atoms with Gasteiger partial charge in [0, 0.05) is 38.3 Å². The third kappa shape index (κ3) is 3.16. The van der Waals surface area contributed by atoms with E-state index in [0.717, 1.165) is 12.8 Å². The standard InChI is InChI=1S/C14H29N3O/c1-10(2)15(5)12-8-13(9-12)17(7)14(18)16(6)11(3)4/h10-13H,8-9H2,1-7H3. The molecule has 1 saturated carbocycles. The summed E-state index contributed by atoms with van der Waals surface area (Å²) in [5, 5.41) is 0. The van der Waals surface area contributed by atoms with Crippen LogP contribution in [0.2, 0.25) is 0 Å². The van der Waals surface area contributed by atoms with Crippen molar-refractivity contribution < 1.29 is 4.79 Å². The Morgan fingerprint density at radius 1 is 0.944 bits per heavy atom. The average Bonchev–Trinajstić information content (AvgIpc) is 2.24. The highest BCUT2D eigenvalue weighted by Gasteiger charge is 2.37. The number of carbonyl (C=O) groups excluding carboxylic acids is 1. The zero-order chi connectivity index (χ0) is 14.0. The average molecular weight is 255 g/mol. The van der Waals surface area contributed by atoms with Crippen molar-refractivity contribution in [3.05, 3.63) is 0 Å². The first-order valence-electron chi connectivity index (χ1n) is 6.97. The van der Waals surface area contributed by atoms with E-state index < -0.39 is 0 Å². The summed E-state index contributed by atoms with van der Waals surface area (Å²) in [7, 11) is 5.98. The molecule has 0 saturated heterocycles. The van der Waals surface area contributed by atoms with Gasteiger partial charge >= 0.3 is 6.03 Å². The molecule has 0 aromatic carbocycles. The third-order valence-electron chi connectivity index (χ3n) is 4.40. The quantitative estimate of drug-likeness (QED) is 0.770. The Morgan fingerprint density at radius 2 is 1.44 bits per heavy atom. The Morgan fingerprint density at radius 3 is 1.83 bits per heavy atom. The summed E-state index contributed by atoms with van der Waals surface area (Å²) < 4.78 is 0. The molecule has 0 bridgehead atoms. The topological polar surface area (TPSA) is 26.8 Å². The van der Waals surface area contributed by atoms with Crippen LogP contribution in [0.1, 0.15) is 40.5 Å². The van der Waals surface area contributed by atoms with E-state index in [9.17, 15) is 4.79 Å². The fourth-order valence-corrected chi connectivity index (χ4v) is 2.26. The van der Waals surface area contributed by atoms with Gasteiger partial charge in [-0.1, -0.05) is 0 Å². The second kappa shape index (κ2) is 5.91. The van der Waals surface area contributed by atoms with E-state index in [1.807, 2.05) is 32.8 Å². The van der Waals surface area contributed by atoms with Crippen LogP contribution >= 0.6 is 0 Å². The van der Waals surface area contributed by atoms with Crippen molar-refractivity contribution in [3.8, 4) is 0 Å². The maximum absolute atomic E-state index is 12.2. The molecule has 18 heavy (non-hydrogen) atoms. The van der Waals surface area contributed by atoms with Crippen LogP contribution < -0.4 is 0 Å². The molecule has 106 valence electrons. The molecule has 0 heterocycles. The summed E-state index contributed by atoms with van der Waals surface area (Å²) in [6.07, 6.45) is 2.20. The Bertz CT molecular complexity index is 285. The smallest absolute Gasteiger partial charge is 0.319 e. The molecule has 1 aliphatic carbocycles. The van der Waals surface area contributed by atoms with Crippen molar-refractivity contribution in [1.29, 1.82) is 0 Å². The van der Waals surface area contributed by atoms with Crippen LogP contribution in [0, 0.1) is 0 Å². The van der Waals surface area contributed by atoms with Crippen LogP contribution in [-0.4, -0.2) is 66.0 Å². The van der Waals surface area contributed by atoms with Gasteiger partial charge in [0.2, 0.25) is 0 Å². The zero-order valence-corrected chi connectivity index (χ0v) is 13.0. The Balaban J connectivity index is 2.44. The molecule has 2 amide bonds. The van der Waals surface area contributed by atoms with Crippen LogP contribution in [0.4, 0.5) is 4.79 Å². The van der Waals surface area contributed by atoms with Gasteiger partial charge < -0.3 is 14.7 Å². The van der Waals surface area contributed by atoms with Crippen molar-refractivity contribution in [3.63, 3.8) is 0 Å². The number of nitrogens with zero attached hydrogens (tertiary/aromatic N) is 3. The van der Waals surface area contributed by atoms with Gasteiger partial charge in [-0.25, -0.2) is 4.79 Å². The van der Waals surface area contributed by atoms with Crippen molar-refractivity contribution >= 4 is 6.03 Å². The minimum atomic E-state index is 0.139. The summed E-state index contributed by atoms with van der Waals surface area (Å²) in [5.41, 5.74) is 0. The first kappa shape index (κ1) is 15.3. The van der Waals surface area contributed by atoms with Crippen LogP contribution in [-0.2, 0) is 0 Å². The zero-order valence-electron chi connectivity index (χ0n) is 13.0. The molecule has 1 aliphatic rings. The molecular formula is C14H29N3O. The fourth-order valence-electron chi connectivity index (χ4n) is 2.26. The number of rotatable bonds is 4. The number of hydrogen-bond donors (Lipinski definition) is 0. The first-order valence-corrected chi connectivity index (χ1v) is 6.97. The monoisotopic (exact) mass is 255 g/mol. The molecule has 0 aromatic rings. The van der Waals surface area contributed by atoms with Gasteiger partial charge in [-0.05, 0) is 47.6 Å². The summed E-state index contributed by atoms with van der Waals surface area (Å²) in [5.74, 6) is 0. The Kier molecular flexibility index (Phi) is 5.02. The Hall–Kier alpha value is -0.770. The van der Waals surface area contributed by atoms with Gasteiger partial charge in [-0.15, -0.1) is 0 Å². The maximum atomic E-state index is 12.2. The first-order chi connectivity index (χ1) is 8.25. The highest BCUT2D eigenvalue weighted by molar-refractivity contribution is 5.74. The molecule has 0 aliphatic heterocycles. The van der Waals surface area contributed by atoms with Crippen molar-refractivity contribution in [2.24, 2.45) is 0 Å². The number of hydrogen-bond acceptors (Lipinski definition) is 2. The molecular weight excluding hydrogens is 226 g/mol. The molecule has 0 aromatic heterocycles. The molecule has 4 heteroatoms. The highest BCUT2D eigenvalue weighted by atomic mass is 16.2. The molecule has 1 rings (SSSR count). The largest absolute Gasteiger partial charge is 0.325 e. The van der Waals surface area contributed by atoms with Gasteiger partial charge in [0.25, 0.3) is 0 Å². The van der Waals surface area contributed by atoms with Crippen LogP contribution in [0.25, 0.3) is 0 Å². The van der Waals surface area contributed by atoms with Crippen LogP contribution in [0.3, 0.4) is 0 Å². The lowest BCUT2D eigenvalue weighted by atomic mass is 9.84. The van der Waals surface area contributed by atoms with E-state index in [1.54, 1.807) is 4.90 Å². The molecule has 0 spiro atoms. The molecule has 0 atom stereocenters. The van der Waals surface area contributed by atoms with Crippen molar-refractivity contribution in [1.82, 2.24) is 14.7 Å². The predicted molar refractivity (Wildman–Crippen MR) is 75.8 cm³/mol. The van der Waals surface area contributed by atoms with Gasteiger partial charge in [-0.2, -0.15) is 0 Å². The van der Waals surface area contributed by atoms with Gasteiger partial charge in [0.15, 0.2) is 0 Å². The van der Waals surface area contributed by atoms with Crippen molar-refractivity contribution in [2.75, 3.05) is 21.1 Å². The van der Waals surface area contributed by atoms with Gasteiger partial charge in [0.1, 0.15) is 0 Å². The lowest BCUT2D eigenvalue weighted by molar-refractivity contribution is 0.0459. The normalized spacial score (nSPS) is 23.4. The van der Waals surface area contributed by atoms with Crippen LogP contribution in [0.15, 0.2) is 0 Å². The summed E-state index contributed by atoms with van der Waals surface area (Å²) in [6.45, 7) is 8.52. The summed E-state index contributed by atoms with van der Waals surface area (Å²) >= 11 is 0. The molecule has 1 fully saturated rings. The number of carbonyl (C=O) groups is 1. The second-order valence-electron chi connectivity index (χ2n) is 6.14. The molecule has 0 N–H and O–H groups in total. The van der Waals surface area contributed by atoms with Crippen LogP contribution in [0.5, 0.6) is 0 Å². The van der Waals surface area contributed by atoms with E-state index in [0.29, 0.717) is 18.1 Å². The maximum Gasteiger partial charge on any atom is 0.319 e. The molecule has 0 radical (unpaired) electrons. The van der Waals surface area contributed by atoms with E-state index in [4.69, 9.17) is 0 Å². The third-order valence-corrected chi connectivity index (χ3v) is 4.40. The Labute approximate surface area is 112 Å². The molecule has 4 nitrogen and oxygen atoms in total. The SMILES string of the molecule is CC(C)N(C)C(=O)N(C)C1CC(N(C)C(C)C)C1. The van der Waals surface area contributed by atoms with E-state index >= 15 is 0 Å². The minimum absolute atomic E-state index is 0.139. The minimum Gasteiger partial charge on any atom is -0.325 e. The summed E-state index contributed by atoms with van der Waals surface area (Å²) in [6, 6.07) is 2.02. The predicted octanol–water partition coefficient (Wildman–Crippen LogP) is 2.25. The number of urea groups is 1. The lowest BCUT2D eigenvalue weighted by Gasteiger charge is -2.47. The van der Waals surface area contributed by atoms with Crippen molar-refractivity contribution in [2.45, 2.75) is 64.7 Å². The fraction of sp³-hybridized carbons (Fsp3) is 0.929. The summed E-state index contributed by atoms with van der Waals surface area (Å²) in [4.78, 5) is 18.3. The second-order valence-corrected chi connectivity index (χ2v) is 6.14. The molecule has 0 unspecified atom stereocenters. The van der Waals surface area contributed by atoms with Gasteiger partial charge in [-0.3, -0.25) is 0 Å². The van der Waals surface area contributed by atoms with E-state index in [2.05, 4.69) is 25.8 Å². The van der Waals surface area contributed by atoms with E-state index in [-0.39, 0.29) is 12.1 Å². The van der Waals surface area contributed by atoms with Gasteiger partial charge in [0.05, 0.1) is 0 Å².